The molecule has 2 fully saturated rings. The van der Waals surface area contributed by atoms with Gasteiger partial charge in [-0.15, -0.1) is 0 Å². The van der Waals surface area contributed by atoms with E-state index in [0.717, 1.165) is 19.3 Å². The Labute approximate surface area is 180 Å². The fourth-order valence-electron chi connectivity index (χ4n) is 4.08. The third-order valence-electron chi connectivity index (χ3n) is 6.44. The Hall–Kier alpha value is -2.69. The molecular formula is C20H31N3O8. The molecule has 0 aromatic rings. The highest BCUT2D eigenvalue weighted by Crippen LogP contribution is 2.45. The molecule has 1 saturated carbocycles. The highest BCUT2D eigenvalue weighted by Gasteiger charge is 2.61. The van der Waals surface area contributed by atoms with E-state index in [1.54, 1.807) is 0 Å². The van der Waals surface area contributed by atoms with Crippen molar-refractivity contribution in [3.63, 3.8) is 0 Å². The minimum absolute atomic E-state index is 0.308. The molecule has 0 bridgehead atoms. The molecule has 31 heavy (non-hydrogen) atoms. The van der Waals surface area contributed by atoms with E-state index in [0.29, 0.717) is 6.42 Å². The van der Waals surface area contributed by atoms with Gasteiger partial charge in [-0.2, -0.15) is 0 Å². The van der Waals surface area contributed by atoms with Crippen LogP contribution < -0.4 is 16.0 Å². The van der Waals surface area contributed by atoms with Gasteiger partial charge in [-0.25, -0.2) is 4.79 Å². The Morgan fingerprint density at radius 1 is 1.10 bits per heavy atom. The van der Waals surface area contributed by atoms with Gasteiger partial charge in [0.2, 0.25) is 11.5 Å². The topological polar surface area (TPSA) is 171 Å². The number of ether oxygens (including phenoxy) is 1. The van der Waals surface area contributed by atoms with Gasteiger partial charge in [0.05, 0.1) is 11.1 Å². The highest BCUT2D eigenvalue weighted by molar-refractivity contribution is 6.10. The second-order valence-corrected chi connectivity index (χ2v) is 8.89. The maximum absolute atomic E-state index is 12.9. The lowest BCUT2D eigenvalue weighted by Gasteiger charge is -2.56. The number of carbonyl (C=O) groups excluding carboxylic acids is 3. The van der Waals surface area contributed by atoms with Gasteiger partial charge in [-0.3, -0.25) is 19.2 Å². The van der Waals surface area contributed by atoms with Crippen molar-refractivity contribution in [1.29, 1.82) is 0 Å². The van der Waals surface area contributed by atoms with E-state index in [2.05, 4.69) is 16.0 Å². The Morgan fingerprint density at radius 2 is 1.71 bits per heavy atom. The molecule has 1 heterocycles. The predicted octanol–water partition coefficient (Wildman–Crippen LogP) is -0.0782. The summed E-state index contributed by atoms with van der Waals surface area (Å²) in [4.78, 5) is 60.0. The zero-order chi connectivity index (χ0) is 23.6. The van der Waals surface area contributed by atoms with Crippen molar-refractivity contribution in [3.05, 3.63) is 0 Å². The number of hydrogen-bond acceptors (Lipinski definition) is 6. The van der Waals surface area contributed by atoms with Crippen LogP contribution in [0.4, 0.5) is 0 Å². The summed E-state index contributed by atoms with van der Waals surface area (Å²) in [6, 6.07) is -2.60. The molecule has 0 aromatic heterocycles. The molecule has 3 amide bonds. The van der Waals surface area contributed by atoms with Gasteiger partial charge >= 0.3 is 11.9 Å². The maximum atomic E-state index is 12.9. The first kappa shape index (κ1) is 24.6. The standard InChI is InChI=1S/C20H31N3O8/c1-11(14(26)22-12(15(27)28)7-8-13(24)25)21-16(29)20(4)17(30)23-18(2)9-5-6-10-19(18,3)31-20/h11-12H,5-10H2,1-4H3,(H,21,29)(H,22,26)(H,23,30)(H,24,25)(H,27,28)/t11-,12+,18?,19?,20?/m0/s1. The summed E-state index contributed by atoms with van der Waals surface area (Å²) in [6.07, 6.45) is 2.46. The van der Waals surface area contributed by atoms with Crippen LogP contribution in [0.15, 0.2) is 0 Å². The molecule has 174 valence electrons. The summed E-state index contributed by atoms with van der Waals surface area (Å²) >= 11 is 0. The fourth-order valence-corrected chi connectivity index (χ4v) is 4.08. The molecular weight excluding hydrogens is 410 g/mol. The van der Waals surface area contributed by atoms with E-state index in [-0.39, 0.29) is 6.42 Å². The largest absolute Gasteiger partial charge is 0.481 e. The lowest BCUT2D eigenvalue weighted by atomic mass is 9.69. The minimum atomic E-state index is -1.87. The van der Waals surface area contributed by atoms with Gasteiger partial charge in [0, 0.05) is 6.42 Å². The van der Waals surface area contributed by atoms with Crippen LogP contribution in [0, 0.1) is 0 Å². The van der Waals surface area contributed by atoms with Crippen molar-refractivity contribution >= 4 is 29.7 Å². The molecule has 5 N–H and O–H groups in total. The van der Waals surface area contributed by atoms with Crippen LogP contribution in [0.2, 0.25) is 0 Å². The molecule has 1 aliphatic heterocycles. The average molecular weight is 441 g/mol. The normalized spacial score (nSPS) is 32.1. The van der Waals surface area contributed by atoms with Gasteiger partial charge in [0.15, 0.2) is 0 Å². The maximum Gasteiger partial charge on any atom is 0.326 e. The molecule has 2 aliphatic rings. The van der Waals surface area contributed by atoms with Crippen molar-refractivity contribution in [1.82, 2.24) is 16.0 Å². The van der Waals surface area contributed by atoms with Crippen LogP contribution >= 0.6 is 0 Å². The van der Waals surface area contributed by atoms with Crippen molar-refractivity contribution < 1.29 is 38.9 Å². The van der Waals surface area contributed by atoms with Crippen molar-refractivity contribution in [3.8, 4) is 0 Å². The number of morpholine rings is 1. The molecule has 11 nitrogen and oxygen atoms in total. The summed E-state index contributed by atoms with van der Waals surface area (Å²) in [7, 11) is 0. The number of rotatable bonds is 8. The van der Waals surface area contributed by atoms with Crippen LogP contribution in [0.25, 0.3) is 0 Å². The number of amides is 3. The van der Waals surface area contributed by atoms with Gasteiger partial charge in [-0.05, 0) is 47.0 Å². The third kappa shape index (κ3) is 4.97. The fraction of sp³-hybridized carbons (Fsp3) is 0.750. The summed E-state index contributed by atoms with van der Waals surface area (Å²) in [5, 5.41) is 25.4. The minimum Gasteiger partial charge on any atom is -0.481 e. The van der Waals surface area contributed by atoms with Crippen LogP contribution in [-0.2, 0) is 28.7 Å². The molecule has 11 heteroatoms. The van der Waals surface area contributed by atoms with Gasteiger partial charge in [-0.1, -0.05) is 12.8 Å². The lowest BCUT2D eigenvalue weighted by Crippen LogP contribution is -2.77. The number of fused-ring (bicyclic) bond motifs is 1. The lowest BCUT2D eigenvalue weighted by molar-refractivity contribution is -0.221. The van der Waals surface area contributed by atoms with E-state index in [9.17, 15) is 29.1 Å². The van der Waals surface area contributed by atoms with E-state index in [1.165, 1.54) is 13.8 Å². The van der Waals surface area contributed by atoms with Crippen molar-refractivity contribution in [2.24, 2.45) is 0 Å². The molecule has 3 unspecified atom stereocenters. The van der Waals surface area contributed by atoms with Gasteiger partial charge < -0.3 is 30.9 Å². The number of carboxylic acids is 2. The van der Waals surface area contributed by atoms with Crippen LogP contribution in [0.1, 0.15) is 66.2 Å². The van der Waals surface area contributed by atoms with Crippen molar-refractivity contribution in [2.75, 3.05) is 0 Å². The number of nitrogens with one attached hydrogen (secondary N) is 3. The van der Waals surface area contributed by atoms with Crippen LogP contribution in [-0.4, -0.2) is 68.7 Å². The average Bonchev–Trinajstić information content (AvgIpc) is 2.65. The Morgan fingerprint density at radius 3 is 2.29 bits per heavy atom. The number of aliphatic carboxylic acids is 2. The highest BCUT2D eigenvalue weighted by atomic mass is 16.5. The first-order valence-corrected chi connectivity index (χ1v) is 10.3. The van der Waals surface area contributed by atoms with Gasteiger partial charge in [0.25, 0.3) is 11.8 Å². The Bertz CT molecular complexity index is 786. The number of carbonyl (C=O) groups is 5. The third-order valence-corrected chi connectivity index (χ3v) is 6.44. The number of carboxylic acid groups (broad SMARTS) is 2. The first-order chi connectivity index (χ1) is 14.2. The molecule has 1 aliphatic carbocycles. The van der Waals surface area contributed by atoms with E-state index in [4.69, 9.17) is 9.84 Å². The Balaban J connectivity index is 2.07. The quantitative estimate of drug-likeness (QED) is 0.326. The van der Waals surface area contributed by atoms with E-state index < -0.39 is 64.9 Å². The van der Waals surface area contributed by atoms with E-state index in [1.807, 2.05) is 13.8 Å². The Kier molecular flexibility index (Phi) is 6.99. The molecule has 0 aromatic carbocycles. The smallest absolute Gasteiger partial charge is 0.326 e. The molecule has 5 atom stereocenters. The second-order valence-electron chi connectivity index (χ2n) is 8.89. The zero-order valence-corrected chi connectivity index (χ0v) is 18.2. The summed E-state index contributed by atoms with van der Waals surface area (Å²) < 4.78 is 6.09. The van der Waals surface area contributed by atoms with Crippen LogP contribution in [0.3, 0.4) is 0 Å². The monoisotopic (exact) mass is 441 g/mol. The summed E-state index contributed by atoms with van der Waals surface area (Å²) in [5.74, 6) is -4.83. The predicted molar refractivity (Wildman–Crippen MR) is 107 cm³/mol. The molecule has 0 spiro atoms. The van der Waals surface area contributed by atoms with Crippen LogP contribution in [0.5, 0.6) is 0 Å². The molecule has 2 rings (SSSR count). The molecule has 1 saturated heterocycles. The second kappa shape index (κ2) is 8.81. The van der Waals surface area contributed by atoms with Gasteiger partial charge in [0.1, 0.15) is 12.1 Å². The summed E-state index contributed by atoms with van der Waals surface area (Å²) in [6.45, 7) is 6.42. The zero-order valence-electron chi connectivity index (χ0n) is 18.2. The summed E-state index contributed by atoms with van der Waals surface area (Å²) in [5.41, 5.74) is -3.23. The first-order valence-electron chi connectivity index (χ1n) is 10.3. The van der Waals surface area contributed by atoms with Crippen molar-refractivity contribution in [2.45, 2.75) is 95.0 Å². The van der Waals surface area contributed by atoms with E-state index >= 15 is 0 Å². The number of hydrogen-bond donors (Lipinski definition) is 5. The SMILES string of the molecule is C[C@H](NC(=O)C1(C)OC2(C)CCCCC2(C)NC1=O)C(=O)N[C@H](CCC(=O)O)C(=O)O. The molecule has 0 radical (unpaired) electrons.